The number of amides is 1. The Hall–Kier alpha value is -2.63. The molecule has 0 bridgehead atoms. The van der Waals surface area contributed by atoms with E-state index in [0.29, 0.717) is 11.1 Å². The number of carbonyl (C=O) groups is 1. The molecule has 0 atom stereocenters. The fourth-order valence-corrected chi connectivity index (χ4v) is 2.12. The number of likely N-dealkylation sites (N-methyl/N-ethyl adjacent to an activating group) is 1. The molecule has 1 heterocycles. The Morgan fingerprint density at radius 1 is 1.43 bits per heavy atom. The lowest BCUT2D eigenvalue weighted by Crippen LogP contribution is -2.21. The van der Waals surface area contributed by atoms with Gasteiger partial charge < -0.3 is 15.2 Å². The second-order valence-corrected chi connectivity index (χ2v) is 5.03. The lowest BCUT2D eigenvalue weighted by Gasteiger charge is -2.07. The van der Waals surface area contributed by atoms with Crippen LogP contribution in [0.3, 0.4) is 0 Å². The van der Waals surface area contributed by atoms with Crippen LogP contribution >= 0.6 is 0 Å². The van der Waals surface area contributed by atoms with E-state index in [0.717, 1.165) is 10.9 Å². The van der Waals surface area contributed by atoms with Crippen LogP contribution in [0.4, 0.5) is 4.39 Å². The summed E-state index contributed by atoms with van der Waals surface area (Å²) in [5.41, 5.74) is 7.48. The average Bonchev–Trinajstić information content (AvgIpc) is 2.73. The monoisotopic (exact) mass is 288 g/mol. The summed E-state index contributed by atoms with van der Waals surface area (Å²) in [6.07, 6.45) is 2.94. The van der Waals surface area contributed by atoms with Gasteiger partial charge in [0.25, 0.3) is 5.91 Å². The SMILES string of the molecule is CN(C)C(=O)/C(F)=C\c1cn(C)c2ccc(C(=N)N)cc12. The number of nitrogens with zero attached hydrogens (tertiary/aromatic N) is 2. The van der Waals surface area contributed by atoms with Crippen molar-refractivity contribution in [2.75, 3.05) is 14.1 Å². The molecule has 0 saturated carbocycles. The molecule has 110 valence electrons. The average molecular weight is 288 g/mol. The number of rotatable bonds is 3. The van der Waals surface area contributed by atoms with Gasteiger partial charge in [0.15, 0.2) is 5.83 Å². The fraction of sp³-hybridized carbons (Fsp3) is 0.200. The molecule has 1 aromatic carbocycles. The molecule has 0 spiro atoms. The third-order valence-corrected chi connectivity index (χ3v) is 3.22. The maximum absolute atomic E-state index is 13.9. The van der Waals surface area contributed by atoms with Crippen LogP contribution in [-0.4, -0.2) is 35.3 Å². The van der Waals surface area contributed by atoms with Crippen LogP contribution in [0, 0.1) is 5.41 Å². The van der Waals surface area contributed by atoms with Gasteiger partial charge in [-0.2, -0.15) is 0 Å². The molecule has 0 aliphatic heterocycles. The van der Waals surface area contributed by atoms with E-state index in [1.807, 2.05) is 17.7 Å². The highest BCUT2D eigenvalue weighted by Crippen LogP contribution is 2.24. The maximum Gasteiger partial charge on any atom is 0.282 e. The zero-order valence-corrected chi connectivity index (χ0v) is 12.1. The first-order valence-corrected chi connectivity index (χ1v) is 6.33. The number of fused-ring (bicyclic) bond motifs is 1. The number of hydrogen-bond acceptors (Lipinski definition) is 2. The molecule has 0 radical (unpaired) electrons. The summed E-state index contributed by atoms with van der Waals surface area (Å²) in [5.74, 6) is -1.57. The van der Waals surface area contributed by atoms with E-state index in [1.54, 1.807) is 18.3 Å². The van der Waals surface area contributed by atoms with Crippen LogP contribution in [0.25, 0.3) is 17.0 Å². The van der Waals surface area contributed by atoms with Crippen molar-refractivity contribution < 1.29 is 9.18 Å². The van der Waals surface area contributed by atoms with Gasteiger partial charge in [-0.3, -0.25) is 10.2 Å². The lowest BCUT2D eigenvalue weighted by molar-refractivity contribution is -0.126. The third kappa shape index (κ3) is 2.79. The van der Waals surface area contributed by atoms with Gasteiger partial charge in [-0.15, -0.1) is 0 Å². The van der Waals surface area contributed by atoms with Crippen molar-refractivity contribution in [3.05, 3.63) is 41.3 Å². The molecule has 0 fully saturated rings. The van der Waals surface area contributed by atoms with Crippen LogP contribution < -0.4 is 5.73 Å². The molecule has 2 aromatic rings. The summed E-state index contributed by atoms with van der Waals surface area (Å²) < 4.78 is 15.8. The van der Waals surface area contributed by atoms with Gasteiger partial charge in [-0.05, 0) is 24.3 Å². The van der Waals surface area contributed by atoms with Gasteiger partial charge in [0, 0.05) is 49.4 Å². The van der Waals surface area contributed by atoms with Crippen LogP contribution in [0.2, 0.25) is 0 Å². The molecule has 0 aliphatic rings. The first-order valence-electron chi connectivity index (χ1n) is 6.33. The number of amidine groups is 1. The third-order valence-electron chi connectivity index (χ3n) is 3.22. The summed E-state index contributed by atoms with van der Waals surface area (Å²) in [6, 6.07) is 5.27. The van der Waals surface area contributed by atoms with E-state index < -0.39 is 11.7 Å². The predicted molar refractivity (Wildman–Crippen MR) is 81.7 cm³/mol. The molecule has 1 amide bonds. The molecule has 21 heavy (non-hydrogen) atoms. The van der Waals surface area contributed by atoms with E-state index in [2.05, 4.69) is 0 Å². The normalized spacial score (nSPS) is 11.7. The molecule has 0 aliphatic carbocycles. The molecule has 3 N–H and O–H groups in total. The van der Waals surface area contributed by atoms with Crippen molar-refractivity contribution in [3.8, 4) is 0 Å². The van der Waals surface area contributed by atoms with Crippen molar-refractivity contribution in [1.29, 1.82) is 5.41 Å². The molecule has 5 nitrogen and oxygen atoms in total. The molecular weight excluding hydrogens is 271 g/mol. The van der Waals surface area contributed by atoms with Gasteiger partial charge in [0.1, 0.15) is 5.84 Å². The first-order chi connectivity index (χ1) is 9.81. The van der Waals surface area contributed by atoms with Crippen LogP contribution in [0.5, 0.6) is 0 Å². The minimum atomic E-state index is -0.833. The highest BCUT2D eigenvalue weighted by molar-refractivity contribution is 6.02. The number of nitrogens with two attached hydrogens (primary N) is 1. The molecule has 1 aromatic heterocycles. The van der Waals surface area contributed by atoms with Gasteiger partial charge in [-0.25, -0.2) is 4.39 Å². The second kappa shape index (κ2) is 5.40. The number of carbonyl (C=O) groups excluding carboxylic acids is 1. The number of aryl methyl sites for hydroxylation is 1. The van der Waals surface area contributed by atoms with Crippen molar-refractivity contribution in [2.45, 2.75) is 0 Å². The first kappa shape index (κ1) is 14.8. The zero-order chi connectivity index (χ0) is 15.7. The zero-order valence-electron chi connectivity index (χ0n) is 12.1. The Kier molecular flexibility index (Phi) is 3.80. The highest BCUT2D eigenvalue weighted by atomic mass is 19.1. The van der Waals surface area contributed by atoms with Crippen LogP contribution in [0.15, 0.2) is 30.2 Å². The number of aromatic nitrogens is 1. The minimum Gasteiger partial charge on any atom is -0.384 e. The Labute approximate surface area is 122 Å². The molecular formula is C15H17FN4O. The van der Waals surface area contributed by atoms with E-state index in [9.17, 15) is 9.18 Å². The largest absolute Gasteiger partial charge is 0.384 e. The molecule has 0 saturated heterocycles. The maximum atomic E-state index is 13.9. The van der Waals surface area contributed by atoms with Crippen molar-refractivity contribution in [2.24, 2.45) is 12.8 Å². The van der Waals surface area contributed by atoms with Crippen molar-refractivity contribution >= 4 is 28.7 Å². The fourth-order valence-electron chi connectivity index (χ4n) is 2.12. The second-order valence-electron chi connectivity index (χ2n) is 5.03. The van der Waals surface area contributed by atoms with Crippen molar-refractivity contribution in [1.82, 2.24) is 9.47 Å². The Morgan fingerprint density at radius 2 is 2.10 bits per heavy atom. The number of benzene rings is 1. The smallest absolute Gasteiger partial charge is 0.282 e. The lowest BCUT2D eigenvalue weighted by atomic mass is 10.1. The van der Waals surface area contributed by atoms with Gasteiger partial charge >= 0.3 is 0 Å². The molecule has 6 heteroatoms. The van der Waals surface area contributed by atoms with Crippen LogP contribution in [0.1, 0.15) is 11.1 Å². The number of nitrogens with one attached hydrogen (secondary N) is 1. The predicted octanol–water partition coefficient (Wildman–Crippen LogP) is 1.86. The number of halogens is 1. The van der Waals surface area contributed by atoms with E-state index in [1.165, 1.54) is 25.1 Å². The van der Waals surface area contributed by atoms with Crippen LogP contribution in [-0.2, 0) is 11.8 Å². The number of hydrogen-bond donors (Lipinski definition) is 2. The van der Waals surface area contributed by atoms with Gasteiger partial charge in [0.05, 0.1) is 0 Å². The Bertz CT molecular complexity index is 758. The van der Waals surface area contributed by atoms with E-state index in [-0.39, 0.29) is 5.84 Å². The Balaban J connectivity index is 2.59. The summed E-state index contributed by atoms with van der Waals surface area (Å²) in [6.45, 7) is 0. The van der Waals surface area contributed by atoms with Crippen molar-refractivity contribution in [3.63, 3.8) is 0 Å². The minimum absolute atomic E-state index is 0.0551. The summed E-state index contributed by atoms with van der Waals surface area (Å²) in [4.78, 5) is 12.8. The standard InChI is InChI=1S/C15H17FN4O/c1-19(2)15(21)12(16)7-10-8-20(3)13-5-4-9(14(17)18)6-11(10)13/h4-8H,1-3H3,(H3,17,18)/b12-7+. The van der Waals surface area contributed by atoms with E-state index in [4.69, 9.17) is 11.1 Å². The topological polar surface area (TPSA) is 75.1 Å². The summed E-state index contributed by atoms with van der Waals surface area (Å²) in [7, 11) is 4.82. The summed E-state index contributed by atoms with van der Waals surface area (Å²) >= 11 is 0. The van der Waals surface area contributed by atoms with E-state index >= 15 is 0 Å². The molecule has 0 unspecified atom stereocenters. The van der Waals surface area contributed by atoms with Gasteiger partial charge in [0.2, 0.25) is 0 Å². The molecule has 2 rings (SSSR count). The highest BCUT2D eigenvalue weighted by Gasteiger charge is 2.13. The Morgan fingerprint density at radius 3 is 2.67 bits per heavy atom. The number of nitrogen functional groups attached to an aromatic ring is 1. The van der Waals surface area contributed by atoms with Gasteiger partial charge in [-0.1, -0.05) is 0 Å². The summed E-state index contributed by atoms with van der Waals surface area (Å²) in [5, 5.41) is 8.22. The quantitative estimate of drug-likeness (QED) is 0.514.